The van der Waals surface area contributed by atoms with Crippen molar-refractivity contribution in [3.63, 3.8) is 0 Å². The van der Waals surface area contributed by atoms with Crippen molar-refractivity contribution in [3.8, 4) is 11.3 Å². The maximum absolute atomic E-state index is 13.0. The number of furan rings is 1. The number of ketones is 1. The van der Waals surface area contributed by atoms with Crippen molar-refractivity contribution < 1.29 is 14.3 Å². The van der Waals surface area contributed by atoms with Crippen LogP contribution in [0.15, 0.2) is 71.3 Å². The Bertz CT molecular complexity index is 1450. The minimum absolute atomic E-state index is 0.0309. The second kappa shape index (κ2) is 7.43. The van der Waals surface area contributed by atoms with E-state index in [-0.39, 0.29) is 12.2 Å². The third-order valence-electron chi connectivity index (χ3n) is 5.61. The van der Waals surface area contributed by atoms with Crippen molar-refractivity contribution in [2.24, 2.45) is 0 Å². The highest BCUT2D eigenvalue weighted by molar-refractivity contribution is 5.97. The molecule has 32 heavy (non-hydrogen) atoms. The molecule has 2 aromatic carbocycles. The van der Waals surface area contributed by atoms with Gasteiger partial charge in [0.15, 0.2) is 11.4 Å². The number of rotatable bonds is 5. The Morgan fingerprint density at radius 1 is 1.06 bits per heavy atom. The molecule has 0 aliphatic heterocycles. The Morgan fingerprint density at radius 3 is 2.59 bits per heavy atom. The number of carbonyl (C=O) groups is 1. The predicted molar refractivity (Wildman–Crippen MR) is 123 cm³/mol. The third-order valence-corrected chi connectivity index (χ3v) is 5.61. The van der Waals surface area contributed by atoms with E-state index in [0.717, 1.165) is 33.5 Å². The van der Waals surface area contributed by atoms with E-state index in [9.17, 15) is 9.90 Å². The number of aliphatic hydroxyl groups is 1. The fourth-order valence-electron chi connectivity index (χ4n) is 3.89. The first-order valence-electron chi connectivity index (χ1n) is 10.5. The van der Waals surface area contributed by atoms with Gasteiger partial charge in [-0.05, 0) is 56.7 Å². The van der Waals surface area contributed by atoms with Crippen molar-refractivity contribution in [1.82, 2.24) is 14.6 Å². The topological polar surface area (TPSA) is 80.6 Å². The Balaban J connectivity index is 1.52. The quantitative estimate of drug-likeness (QED) is 0.396. The summed E-state index contributed by atoms with van der Waals surface area (Å²) in [6, 6.07) is 18.8. The molecule has 160 valence electrons. The van der Waals surface area contributed by atoms with E-state index in [0.29, 0.717) is 16.9 Å². The van der Waals surface area contributed by atoms with Crippen molar-refractivity contribution in [3.05, 3.63) is 89.4 Å². The predicted octanol–water partition coefficient (Wildman–Crippen LogP) is 5.10. The maximum atomic E-state index is 13.0. The van der Waals surface area contributed by atoms with E-state index < -0.39 is 5.60 Å². The molecule has 3 heterocycles. The molecule has 0 aliphatic carbocycles. The lowest BCUT2D eigenvalue weighted by molar-refractivity contribution is 0.0784. The molecule has 3 aromatic heterocycles. The van der Waals surface area contributed by atoms with Crippen LogP contribution in [0.4, 0.5) is 0 Å². The van der Waals surface area contributed by atoms with Crippen molar-refractivity contribution in [2.75, 3.05) is 0 Å². The average molecular weight is 425 g/mol. The molecule has 0 spiro atoms. The first kappa shape index (κ1) is 20.2. The van der Waals surface area contributed by atoms with E-state index in [2.05, 4.69) is 10.1 Å². The number of fused-ring (bicyclic) bond motifs is 2. The molecule has 0 saturated carbocycles. The molecule has 0 fully saturated rings. The number of hydrogen-bond donors (Lipinski definition) is 1. The van der Waals surface area contributed by atoms with Crippen LogP contribution in [0.1, 0.15) is 41.2 Å². The van der Waals surface area contributed by atoms with Gasteiger partial charge in [0, 0.05) is 22.6 Å². The van der Waals surface area contributed by atoms with Gasteiger partial charge in [0.2, 0.25) is 0 Å². The molecule has 0 unspecified atom stereocenters. The van der Waals surface area contributed by atoms with Crippen LogP contribution in [0, 0.1) is 6.92 Å². The maximum Gasteiger partial charge on any atom is 0.168 e. The fourth-order valence-corrected chi connectivity index (χ4v) is 3.89. The molecule has 6 nitrogen and oxygen atoms in total. The lowest BCUT2D eigenvalue weighted by atomic mass is 9.96. The van der Waals surface area contributed by atoms with E-state index in [1.54, 1.807) is 44.4 Å². The SMILES string of the molecule is Cc1cc2nc(CC(=O)c3ccc(C(C)(C)O)cc3)cc(-c3ccc4occc4c3)n2n1. The summed E-state index contributed by atoms with van der Waals surface area (Å²) in [5.41, 5.74) is 5.30. The molecule has 0 saturated heterocycles. The first-order valence-corrected chi connectivity index (χ1v) is 10.5. The second-order valence-electron chi connectivity index (χ2n) is 8.60. The van der Waals surface area contributed by atoms with Gasteiger partial charge in [0.25, 0.3) is 0 Å². The number of carbonyl (C=O) groups excluding carboxylic acids is 1. The van der Waals surface area contributed by atoms with Crippen LogP contribution in [0.5, 0.6) is 0 Å². The van der Waals surface area contributed by atoms with Crippen LogP contribution in [-0.2, 0) is 12.0 Å². The number of benzene rings is 2. The highest BCUT2D eigenvalue weighted by Crippen LogP contribution is 2.27. The molecule has 5 rings (SSSR count). The summed E-state index contributed by atoms with van der Waals surface area (Å²) < 4.78 is 7.27. The number of Topliss-reactive ketones (excluding diaryl/α,β-unsaturated/α-hetero) is 1. The van der Waals surface area contributed by atoms with Crippen LogP contribution < -0.4 is 0 Å². The van der Waals surface area contributed by atoms with Crippen molar-refractivity contribution >= 4 is 22.4 Å². The molecule has 0 amide bonds. The summed E-state index contributed by atoms with van der Waals surface area (Å²) in [4.78, 5) is 17.6. The van der Waals surface area contributed by atoms with E-state index in [1.807, 2.05) is 47.8 Å². The Kier molecular flexibility index (Phi) is 4.68. The fraction of sp³-hybridized carbons (Fsp3) is 0.192. The molecular formula is C26H23N3O3. The molecule has 0 radical (unpaired) electrons. The highest BCUT2D eigenvalue weighted by atomic mass is 16.3. The lowest BCUT2D eigenvalue weighted by Gasteiger charge is -2.17. The van der Waals surface area contributed by atoms with Crippen LogP contribution in [0.25, 0.3) is 27.9 Å². The van der Waals surface area contributed by atoms with Crippen LogP contribution in [0.2, 0.25) is 0 Å². The van der Waals surface area contributed by atoms with Gasteiger partial charge in [0.05, 0.1) is 35.4 Å². The molecule has 1 N–H and O–H groups in total. The lowest BCUT2D eigenvalue weighted by Crippen LogP contribution is -2.15. The van der Waals surface area contributed by atoms with E-state index in [1.165, 1.54) is 0 Å². The van der Waals surface area contributed by atoms with Gasteiger partial charge in [-0.1, -0.05) is 24.3 Å². The molecule has 0 atom stereocenters. The minimum Gasteiger partial charge on any atom is -0.464 e. The first-order chi connectivity index (χ1) is 15.3. The van der Waals surface area contributed by atoms with Crippen molar-refractivity contribution in [1.29, 1.82) is 0 Å². The molecule has 6 heteroatoms. The van der Waals surface area contributed by atoms with Crippen LogP contribution in [0.3, 0.4) is 0 Å². The van der Waals surface area contributed by atoms with Gasteiger partial charge >= 0.3 is 0 Å². The number of aromatic nitrogens is 3. The van der Waals surface area contributed by atoms with E-state index in [4.69, 9.17) is 4.42 Å². The van der Waals surface area contributed by atoms with Crippen molar-refractivity contribution in [2.45, 2.75) is 32.8 Å². The summed E-state index contributed by atoms with van der Waals surface area (Å²) in [5, 5.41) is 15.7. The third kappa shape index (κ3) is 3.69. The monoisotopic (exact) mass is 425 g/mol. The smallest absolute Gasteiger partial charge is 0.168 e. The van der Waals surface area contributed by atoms with Crippen LogP contribution >= 0.6 is 0 Å². The summed E-state index contributed by atoms with van der Waals surface area (Å²) in [7, 11) is 0. The Labute approximate surface area is 185 Å². The van der Waals surface area contributed by atoms with Gasteiger partial charge < -0.3 is 9.52 Å². The standard InChI is InChI=1S/C26H23N3O3/c1-16-12-25-27-21(15-23(30)17-4-7-20(8-5-17)26(2,3)31)14-22(29(25)28-16)18-6-9-24-19(13-18)10-11-32-24/h4-14,31H,15H2,1-3H3. The Hall–Kier alpha value is -3.77. The van der Waals surface area contributed by atoms with Gasteiger partial charge in [-0.3, -0.25) is 4.79 Å². The minimum atomic E-state index is -0.945. The van der Waals surface area contributed by atoms with Gasteiger partial charge in [-0.25, -0.2) is 9.50 Å². The van der Waals surface area contributed by atoms with Gasteiger partial charge in [-0.2, -0.15) is 5.10 Å². The number of hydrogen-bond acceptors (Lipinski definition) is 5. The van der Waals surface area contributed by atoms with Gasteiger partial charge in [-0.15, -0.1) is 0 Å². The zero-order chi connectivity index (χ0) is 22.5. The normalized spacial score (nSPS) is 12.0. The highest BCUT2D eigenvalue weighted by Gasteiger charge is 2.18. The van der Waals surface area contributed by atoms with Crippen LogP contribution in [-0.4, -0.2) is 25.5 Å². The largest absolute Gasteiger partial charge is 0.464 e. The molecular weight excluding hydrogens is 402 g/mol. The summed E-state index contributed by atoms with van der Waals surface area (Å²) in [6.45, 7) is 5.37. The zero-order valence-corrected chi connectivity index (χ0v) is 18.2. The van der Waals surface area contributed by atoms with Gasteiger partial charge in [0.1, 0.15) is 5.58 Å². The van der Waals surface area contributed by atoms with E-state index >= 15 is 0 Å². The summed E-state index contributed by atoms with van der Waals surface area (Å²) in [6.07, 6.45) is 1.84. The molecule has 0 bridgehead atoms. The number of aryl methyl sites for hydroxylation is 1. The second-order valence-corrected chi connectivity index (χ2v) is 8.60. The Morgan fingerprint density at radius 2 is 1.84 bits per heavy atom. The molecule has 0 aliphatic rings. The summed E-state index contributed by atoms with van der Waals surface area (Å²) >= 11 is 0. The molecule has 5 aromatic rings. The number of nitrogens with zero attached hydrogens (tertiary/aromatic N) is 3. The zero-order valence-electron chi connectivity index (χ0n) is 18.2. The summed E-state index contributed by atoms with van der Waals surface area (Å²) in [5.74, 6) is -0.0309. The average Bonchev–Trinajstić information content (AvgIpc) is 3.37.